The third kappa shape index (κ3) is 4.47. The number of rotatable bonds is 4. The van der Waals surface area contributed by atoms with Gasteiger partial charge in [-0.15, -0.1) is 12.4 Å². The minimum absolute atomic E-state index is 0. The van der Waals surface area contributed by atoms with Crippen molar-refractivity contribution in [3.8, 4) is 0 Å². The molecule has 4 nitrogen and oxygen atoms in total. The summed E-state index contributed by atoms with van der Waals surface area (Å²) in [4.78, 5) is 14.7. The normalized spacial score (nSPS) is 18.7. The Morgan fingerprint density at radius 1 is 1.52 bits per heavy atom. The fourth-order valence-corrected chi connectivity index (χ4v) is 3.36. The number of aromatic nitrogens is 1. The summed E-state index contributed by atoms with van der Waals surface area (Å²) in [5.74, 6) is 0.703. The van der Waals surface area contributed by atoms with Gasteiger partial charge in [0.1, 0.15) is 5.69 Å². The van der Waals surface area contributed by atoms with Gasteiger partial charge in [-0.25, -0.2) is 0 Å². The standard InChI is InChI=1S/C15H24BrN3O.ClH/c1-11(2)19-10-13(16)8-14(19)15(20)18-7-3-4-12(9-18)5-6-17;/h8,10-12H,3-7,9,17H2,1-2H3;1H. The van der Waals surface area contributed by atoms with Gasteiger partial charge in [0.05, 0.1) is 0 Å². The topological polar surface area (TPSA) is 51.3 Å². The summed E-state index contributed by atoms with van der Waals surface area (Å²) in [6, 6.07) is 2.21. The maximum Gasteiger partial charge on any atom is 0.270 e. The SMILES string of the molecule is CC(C)n1cc(Br)cc1C(=O)N1CCCC(CCN)C1.Cl. The molecular formula is C15H25BrClN3O. The number of hydrogen-bond donors (Lipinski definition) is 1. The van der Waals surface area contributed by atoms with Crippen LogP contribution < -0.4 is 5.73 Å². The molecule has 6 heteroatoms. The molecule has 21 heavy (non-hydrogen) atoms. The van der Waals surface area contributed by atoms with E-state index in [4.69, 9.17) is 5.73 Å². The van der Waals surface area contributed by atoms with Crippen molar-refractivity contribution in [1.29, 1.82) is 0 Å². The highest BCUT2D eigenvalue weighted by Gasteiger charge is 2.26. The third-order valence-corrected chi connectivity index (χ3v) is 4.41. The summed E-state index contributed by atoms with van der Waals surface area (Å²) < 4.78 is 3.00. The fourth-order valence-electron chi connectivity index (χ4n) is 2.93. The van der Waals surface area contributed by atoms with Crippen molar-refractivity contribution < 1.29 is 4.79 Å². The summed E-state index contributed by atoms with van der Waals surface area (Å²) in [5, 5.41) is 0. The second-order valence-electron chi connectivity index (χ2n) is 5.88. The Hall–Kier alpha value is -0.520. The quantitative estimate of drug-likeness (QED) is 0.872. The van der Waals surface area contributed by atoms with Crippen molar-refractivity contribution in [2.24, 2.45) is 11.7 Å². The molecule has 1 aromatic heterocycles. The minimum atomic E-state index is 0. The number of nitrogens with zero attached hydrogens (tertiary/aromatic N) is 2. The van der Waals surface area contributed by atoms with E-state index in [-0.39, 0.29) is 24.4 Å². The zero-order valence-corrected chi connectivity index (χ0v) is 15.1. The molecular weight excluding hydrogens is 354 g/mol. The van der Waals surface area contributed by atoms with Gasteiger partial charge in [0.2, 0.25) is 0 Å². The van der Waals surface area contributed by atoms with Gasteiger partial charge in [-0.2, -0.15) is 0 Å². The van der Waals surface area contributed by atoms with Crippen LogP contribution in [0.15, 0.2) is 16.7 Å². The van der Waals surface area contributed by atoms with Crippen molar-refractivity contribution in [2.45, 2.75) is 39.2 Å². The highest BCUT2D eigenvalue weighted by Crippen LogP contribution is 2.24. The van der Waals surface area contributed by atoms with Gasteiger partial charge >= 0.3 is 0 Å². The Morgan fingerprint density at radius 2 is 2.24 bits per heavy atom. The lowest BCUT2D eigenvalue weighted by molar-refractivity contribution is 0.0657. The first-order valence-corrected chi connectivity index (χ1v) is 8.19. The average Bonchev–Trinajstić information content (AvgIpc) is 2.81. The Balaban J connectivity index is 0.00000220. The summed E-state index contributed by atoms with van der Waals surface area (Å²) in [7, 11) is 0. The highest BCUT2D eigenvalue weighted by atomic mass is 79.9. The molecule has 2 rings (SSSR count). The Labute approximate surface area is 141 Å². The number of carbonyl (C=O) groups excluding carboxylic acids is 1. The second kappa shape index (κ2) is 8.20. The molecule has 1 aromatic rings. The number of piperidine rings is 1. The van der Waals surface area contributed by atoms with Crippen LogP contribution in [0.2, 0.25) is 0 Å². The number of hydrogen-bond acceptors (Lipinski definition) is 2. The number of amides is 1. The van der Waals surface area contributed by atoms with Crippen LogP contribution in [0, 0.1) is 5.92 Å². The van der Waals surface area contributed by atoms with Crippen LogP contribution in [0.3, 0.4) is 0 Å². The Bertz CT molecular complexity index is 473. The molecule has 1 atom stereocenters. The Morgan fingerprint density at radius 3 is 2.86 bits per heavy atom. The monoisotopic (exact) mass is 377 g/mol. The van der Waals surface area contributed by atoms with E-state index in [1.165, 1.54) is 6.42 Å². The van der Waals surface area contributed by atoms with E-state index < -0.39 is 0 Å². The molecule has 0 aromatic carbocycles. The van der Waals surface area contributed by atoms with Crippen molar-refractivity contribution in [1.82, 2.24) is 9.47 Å². The van der Waals surface area contributed by atoms with E-state index in [0.29, 0.717) is 12.5 Å². The number of nitrogens with two attached hydrogens (primary N) is 1. The molecule has 1 aliphatic heterocycles. The van der Waals surface area contributed by atoms with Gasteiger partial charge in [0.25, 0.3) is 5.91 Å². The van der Waals surface area contributed by atoms with Crippen molar-refractivity contribution in [3.05, 3.63) is 22.4 Å². The maximum absolute atomic E-state index is 12.7. The van der Waals surface area contributed by atoms with Crippen molar-refractivity contribution >= 4 is 34.2 Å². The van der Waals surface area contributed by atoms with E-state index in [0.717, 1.165) is 36.1 Å². The Kier molecular flexibility index (Phi) is 7.24. The van der Waals surface area contributed by atoms with Gasteiger partial charge in [-0.1, -0.05) is 0 Å². The summed E-state index contributed by atoms with van der Waals surface area (Å²) in [6.45, 7) is 6.60. The predicted octanol–water partition coefficient (Wildman–Crippen LogP) is 3.45. The molecule has 0 aliphatic carbocycles. The first kappa shape index (κ1) is 18.5. The predicted molar refractivity (Wildman–Crippen MR) is 92.1 cm³/mol. The van der Waals surface area contributed by atoms with Crippen molar-refractivity contribution in [2.75, 3.05) is 19.6 Å². The van der Waals surface area contributed by atoms with E-state index in [1.54, 1.807) is 0 Å². The second-order valence-corrected chi connectivity index (χ2v) is 6.80. The molecule has 2 N–H and O–H groups in total. The van der Waals surface area contributed by atoms with E-state index in [9.17, 15) is 4.79 Å². The lowest BCUT2D eigenvalue weighted by Crippen LogP contribution is -2.41. The largest absolute Gasteiger partial charge is 0.340 e. The van der Waals surface area contributed by atoms with Gasteiger partial charge in [-0.3, -0.25) is 4.79 Å². The molecule has 0 spiro atoms. The van der Waals surface area contributed by atoms with Gasteiger partial charge in [-0.05, 0) is 67.6 Å². The summed E-state index contributed by atoms with van der Waals surface area (Å²) in [6.07, 6.45) is 5.27. The van der Waals surface area contributed by atoms with Crippen LogP contribution in [-0.2, 0) is 0 Å². The number of halogens is 2. The molecule has 2 heterocycles. The van der Waals surface area contributed by atoms with Gasteiger partial charge in [0.15, 0.2) is 0 Å². The van der Waals surface area contributed by atoms with Crippen LogP contribution in [0.4, 0.5) is 0 Å². The van der Waals surface area contributed by atoms with Gasteiger partial charge < -0.3 is 15.2 Å². The molecule has 1 fully saturated rings. The van der Waals surface area contributed by atoms with Crippen LogP contribution in [0.25, 0.3) is 0 Å². The molecule has 0 radical (unpaired) electrons. The van der Waals surface area contributed by atoms with E-state index in [1.807, 2.05) is 21.7 Å². The lowest BCUT2D eigenvalue weighted by Gasteiger charge is -2.33. The molecule has 120 valence electrons. The number of likely N-dealkylation sites (tertiary alicyclic amines) is 1. The summed E-state index contributed by atoms with van der Waals surface area (Å²) in [5.41, 5.74) is 6.42. The molecule has 0 bridgehead atoms. The zero-order valence-electron chi connectivity index (χ0n) is 12.7. The van der Waals surface area contributed by atoms with Crippen molar-refractivity contribution in [3.63, 3.8) is 0 Å². The third-order valence-electron chi connectivity index (χ3n) is 3.97. The molecule has 1 saturated heterocycles. The van der Waals surface area contributed by atoms with Crippen LogP contribution in [-0.4, -0.2) is 35.0 Å². The fraction of sp³-hybridized carbons (Fsp3) is 0.667. The number of carbonyl (C=O) groups is 1. The van der Waals surface area contributed by atoms with Crippen LogP contribution in [0.1, 0.15) is 49.6 Å². The molecule has 1 unspecified atom stereocenters. The van der Waals surface area contributed by atoms with E-state index >= 15 is 0 Å². The molecule has 0 saturated carbocycles. The minimum Gasteiger partial charge on any atom is -0.340 e. The van der Waals surface area contributed by atoms with E-state index in [2.05, 4.69) is 29.8 Å². The van der Waals surface area contributed by atoms with Crippen LogP contribution in [0.5, 0.6) is 0 Å². The zero-order chi connectivity index (χ0) is 14.7. The summed E-state index contributed by atoms with van der Waals surface area (Å²) >= 11 is 3.47. The molecule has 1 aliphatic rings. The first-order valence-electron chi connectivity index (χ1n) is 7.39. The van der Waals surface area contributed by atoms with Gasteiger partial charge in [0, 0.05) is 29.8 Å². The molecule has 1 amide bonds. The average molecular weight is 379 g/mol. The lowest BCUT2D eigenvalue weighted by atomic mass is 9.94. The maximum atomic E-state index is 12.7. The van der Waals surface area contributed by atoms with Crippen LogP contribution >= 0.6 is 28.3 Å². The first-order chi connectivity index (χ1) is 9.52. The highest BCUT2D eigenvalue weighted by molar-refractivity contribution is 9.10. The smallest absolute Gasteiger partial charge is 0.270 e.